The van der Waals surface area contributed by atoms with Crippen LogP contribution in [-0.4, -0.2) is 8.34 Å². The average molecular weight is 155 g/mol. The fourth-order valence-corrected chi connectivity index (χ4v) is 0.623. The molecule has 0 aliphatic carbocycles. The van der Waals surface area contributed by atoms with Crippen molar-refractivity contribution >= 4 is 30.9 Å². The van der Waals surface area contributed by atoms with Crippen molar-refractivity contribution in [3.8, 4) is 0 Å². The molecule has 0 aliphatic rings. The molecular weight excluding hydrogens is 152 g/mol. The second-order valence-electron chi connectivity index (χ2n) is 1.39. The van der Waals surface area contributed by atoms with E-state index in [2.05, 4.69) is 36.4 Å². The van der Waals surface area contributed by atoms with E-state index in [0.717, 1.165) is 3.35 Å². The van der Waals surface area contributed by atoms with Crippen molar-refractivity contribution in [2.45, 2.75) is 0 Å². The van der Waals surface area contributed by atoms with Crippen molar-refractivity contribution in [1.29, 1.82) is 0 Å². The Morgan fingerprint density at radius 3 is 2.89 bits per heavy atom. The molecular formula is C5H3N2S2. The third-order valence-electron chi connectivity index (χ3n) is 0.790. The zero-order chi connectivity index (χ0) is 6.69. The van der Waals surface area contributed by atoms with Gasteiger partial charge in [0.05, 0.1) is 0 Å². The molecule has 4 heteroatoms. The van der Waals surface area contributed by atoms with Crippen molar-refractivity contribution in [2.75, 3.05) is 0 Å². The van der Waals surface area contributed by atoms with Crippen LogP contribution in [0.2, 0.25) is 0 Å². The molecule has 0 N–H and O–H groups in total. The van der Waals surface area contributed by atoms with Gasteiger partial charge in [-0.05, 0) is 6.07 Å². The Balaban J connectivity index is 2.98. The minimum Gasteiger partial charge on any atom is -0.247 e. The maximum atomic E-state index is 4.62. The molecule has 0 fully saturated rings. The molecule has 45 valence electrons. The van der Waals surface area contributed by atoms with E-state index in [1.165, 1.54) is 0 Å². The lowest BCUT2D eigenvalue weighted by molar-refractivity contribution is -0.197. The Morgan fingerprint density at radius 1 is 1.78 bits per heavy atom. The summed E-state index contributed by atoms with van der Waals surface area (Å²) in [6, 6.07) is 3.52. The van der Waals surface area contributed by atoms with Gasteiger partial charge in [0.15, 0.2) is 6.20 Å². The summed E-state index contributed by atoms with van der Waals surface area (Å²) in [4.78, 5) is 3.71. The van der Waals surface area contributed by atoms with Gasteiger partial charge in [-0.25, -0.2) is 8.34 Å². The first-order valence-electron chi connectivity index (χ1n) is 2.28. The van der Waals surface area contributed by atoms with Gasteiger partial charge in [0.25, 0.3) is 0 Å². The summed E-state index contributed by atoms with van der Waals surface area (Å²) in [5, 5.41) is 0. The fourth-order valence-electron chi connectivity index (χ4n) is 0.420. The van der Waals surface area contributed by atoms with Crippen molar-refractivity contribution in [3.63, 3.8) is 0 Å². The molecule has 1 aromatic heterocycles. The smallest absolute Gasteiger partial charge is 0.230 e. The average Bonchev–Trinajstić information content (AvgIpc) is 1.90. The summed E-state index contributed by atoms with van der Waals surface area (Å²) < 4.78 is 1.13. The predicted molar refractivity (Wildman–Crippen MR) is 37.7 cm³/mol. The van der Waals surface area contributed by atoms with Crippen molar-refractivity contribution in [1.82, 2.24) is 4.98 Å². The molecule has 1 radical (unpaired) electrons. The number of pyridine rings is 1. The molecule has 0 spiro atoms. The molecule has 9 heavy (non-hydrogen) atoms. The van der Waals surface area contributed by atoms with Crippen LogP contribution in [0, 0.1) is 6.20 Å². The van der Waals surface area contributed by atoms with Crippen molar-refractivity contribution in [3.05, 3.63) is 24.5 Å². The van der Waals surface area contributed by atoms with Gasteiger partial charge >= 0.3 is 0 Å². The predicted octanol–water partition coefficient (Wildman–Crippen LogP) is 0.718. The fraction of sp³-hybridized carbons (Fsp3) is 0. The Kier molecular flexibility index (Phi) is 2.02. The highest BCUT2D eigenvalue weighted by atomic mass is 32.2. The van der Waals surface area contributed by atoms with Crippen LogP contribution in [-0.2, 0) is 25.2 Å². The van der Waals surface area contributed by atoms with Crippen LogP contribution in [0.3, 0.4) is 0 Å². The van der Waals surface area contributed by atoms with Crippen LogP contribution in [0.4, 0.5) is 5.69 Å². The van der Waals surface area contributed by atoms with Gasteiger partial charge in [-0.1, -0.05) is 25.2 Å². The van der Waals surface area contributed by atoms with Crippen molar-refractivity contribution in [2.24, 2.45) is 0 Å². The highest BCUT2D eigenvalue weighted by molar-refractivity contribution is 7.58. The minimum atomic E-state index is 0.641. The topological polar surface area (TPSA) is 15.9 Å². The third-order valence-corrected chi connectivity index (χ3v) is 1.18. The van der Waals surface area contributed by atoms with E-state index >= 15 is 0 Å². The molecule has 1 heterocycles. The Labute approximate surface area is 64.2 Å². The molecule has 0 saturated carbocycles. The quantitative estimate of drug-likeness (QED) is 0.439. The van der Waals surface area contributed by atoms with Gasteiger partial charge in [-0.15, -0.1) is 0 Å². The van der Waals surface area contributed by atoms with Crippen LogP contribution < -0.4 is 0 Å². The number of hydrogen-bond donors (Lipinski definition) is 0. The van der Waals surface area contributed by atoms with Gasteiger partial charge in [-0.2, -0.15) is 0 Å². The van der Waals surface area contributed by atoms with E-state index < -0.39 is 0 Å². The summed E-state index contributed by atoms with van der Waals surface area (Å²) in [6.07, 6.45) is 4.26. The molecule has 0 aromatic carbocycles. The molecule has 1 aromatic rings. The van der Waals surface area contributed by atoms with E-state index in [1.807, 2.05) is 0 Å². The normalized spacial score (nSPS) is 8.89. The molecule has 0 bridgehead atoms. The van der Waals surface area contributed by atoms with E-state index in [-0.39, 0.29) is 0 Å². The lowest BCUT2D eigenvalue weighted by atomic mass is 10.4. The second-order valence-corrected chi connectivity index (χ2v) is 2.35. The van der Waals surface area contributed by atoms with Gasteiger partial charge in [-0.3, -0.25) is 0 Å². The summed E-state index contributed by atoms with van der Waals surface area (Å²) in [7, 11) is 0. The number of hydrogen-bond acceptors (Lipinski definition) is 3. The zero-order valence-corrected chi connectivity index (χ0v) is 6.08. The number of rotatable bonds is 1. The molecule has 2 nitrogen and oxygen atoms in total. The summed E-state index contributed by atoms with van der Waals surface area (Å²) in [6.45, 7) is 0. The third kappa shape index (κ3) is 1.65. The SMILES string of the molecule is S=[N+]([S-])c1[c]nccc1. The van der Waals surface area contributed by atoms with E-state index in [0.29, 0.717) is 5.69 Å². The maximum Gasteiger partial charge on any atom is 0.230 e. The first kappa shape index (κ1) is 6.51. The summed E-state index contributed by atoms with van der Waals surface area (Å²) in [5.74, 6) is 0. The van der Waals surface area contributed by atoms with Gasteiger partial charge in [0, 0.05) is 12.3 Å². The van der Waals surface area contributed by atoms with Gasteiger partial charge in [0.2, 0.25) is 5.69 Å². The number of nitrogens with zero attached hydrogens (tertiary/aromatic N) is 2. The molecule has 0 saturated heterocycles. The van der Waals surface area contributed by atoms with Crippen LogP contribution in [0.1, 0.15) is 0 Å². The molecule has 0 atom stereocenters. The van der Waals surface area contributed by atoms with E-state index in [4.69, 9.17) is 0 Å². The number of aromatic nitrogens is 1. The maximum absolute atomic E-state index is 4.62. The Morgan fingerprint density at radius 2 is 2.56 bits per heavy atom. The molecule has 1 rings (SSSR count). The van der Waals surface area contributed by atoms with Crippen LogP contribution in [0.25, 0.3) is 0 Å². The van der Waals surface area contributed by atoms with E-state index in [9.17, 15) is 0 Å². The first-order chi connectivity index (χ1) is 4.30. The zero-order valence-electron chi connectivity index (χ0n) is 4.44. The molecule has 0 amide bonds. The second kappa shape index (κ2) is 2.80. The monoisotopic (exact) mass is 155 g/mol. The Hall–Kier alpha value is -0.610. The van der Waals surface area contributed by atoms with Crippen LogP contribution >= 0.6 is 0 Å². The van der Waals surface area contributed by atoms with Crippen LogP contribution in [0.15, 0.2) is 18.3 Å². The largest absolute Gasteiger partial charge is 0.247 e. The highest BCUT2D eigenvalue weighted by Gasteiger charge is 1.93. The molecule has 0 aliphatic heterocycles. The Bertz CT molecular complexity index is 209. The van der Waals surface area contributed by atoms with Crippen LogP contribution in [0.5, 0.6) is 0 Å². The standard InChI is InChI=1S/C5H3N2S2/c8-7(9)5-2-1-3-6-4-5/h1-3H. The lowest BCUT2D eigenvalue weighted by Crippen LogP contribution is -1.87. The summed E-state index contributed by atoms with van der Waals surface area (Å²) in [5.41, 5.74) is 0.641. The summed E-state index contributed by atoms with van der Waals surface area (Å²) >= 11 is 9.24. The molecule has 0 unspecified atom stereocenters. The van der Waals surface area contributed by atoms with Gasteiger partial charge < -0.3 is 0 Å². The van der Waals surface area contributed by atoms with E-state index in [1.54, 1.807) is 18.3 Å². The van der Waals surface area contributed by atoms with Gasteiger partial charge in [0.1, 0.15) is 0 Å². The van der Waals surface area contributed by atoms with Crippen molar-refractivity contribution < 1.29 is 3.35 Å². The minimum absolute atomic E-state index is 0.641. The first-order valence-corrected chi connectivity index (χ1v) is 3.01. The highest BCUT2D eigenvalue weighted by Crippen LogP contribution is 2.03. The lowest BCUT2D eigenvalue weighted by Gasteiger charge is -1.90.